The van der Waals surface area contributed by atoms with E-state index in [9.17, 15) is 4.39 Å². The molecule has 0 saturated carbocycles. The Morgan fingerprint density at radius 2 is 1.67 bits per heavy atom. The summed E-state index contributed by atoms with van der Waals surface area (Å²) >= 11 is 3.47. The Kier molecular flexibility index (Phi) is 4.10. The molecule has 0 bridgehead atoms. The van der Waals surface area contributed by atoms with Crippen LogP contribution in [0.3, 0.4) is 0 Å². The third kappa shape index (κ3) is 3.02. The first-order chi connectivity index (χ1) is 10.1. The van der Waals surface area contributed by atoms with Gasteiger partial charge in [-0.25, -0.2) is 9.37 Å². The Balaban J connectivity index is 1.70. The van der Waals surface area contributed by atoms with Gasteiger partial charge in [0, 0.05) is 30.7 Å². The zero-order valence-corrected chi connectivity index (χ0v) is 13.5. The van der Waals surface area contributed by atoms with Crippen molar-refractivity contribution in [1.82, 2.24) is 4.98 Å². The monoisotopic (exact) mass is 349 g/mol. The second-order valence-electron chi connectivity index (χ2n) is 5.16. The average Bonchev–Trinajstić information content (AvgIpc) is 2.51. The summed E-state index contributed by atoms with van der Waals surface area (Å²) in [4.78, 5) is 8.94. The minimum Gasteiger partial charge on any atom is -0.366 e. The van der Waals surface area contributed by atoms with E-state index in [1.54, 1.807) is 6.07 Å². The summed E-state index contributed by atoms with van der Waals surface area (Å²) in [7, 11) is 0. The molecule has 0 spiro atoms. The van der Waals surface area contributed by atoms with Crippen molar-refractivity contribution >= 4 is 27.4 Å². The summed E-state index contributed by atoms with van der Waals surface area (Å²) in [6, 6.07) is 11.0. The molecule has 3 nitrogen and oxygen atoms in total. The molecule has 1 fully saturated rings. The van der Waals surface area contributed by atoms with Gasteiger partial charge in [-0.15, -0.1) is 0 Å². The van der Waals surface area contributed by atoms with Gasteiger partial charge in [-0.1, -0.05) is 12.1 Å². The van der Waals surface area contributed by atoms with Gasteiger partial charge in [0.2, 0.25) is 0 Å². The highest BCUT2D eigenvalue weighted by Crippen LogP contribution is 2.23. The molecule has 0 N–H and O–H groups in total. The molecule has 0 radical (unpaired) electrons. The van der Waals surface area contributed by atoms with Crippen LogP contribution in [-0.2, 0) is 0 Å². The summed E-state index contributed by atoms with van der Waals surface area (Å²) in [5, 5.41) is 0. The van der Waals surface area contributed by atoms with Crippen LogP contribution in [0.4, 0.5) is 15.9 Å². The standard InChI is InChI=1S/C16H17BrFN3/c1-12-13(17)6-7-16(19-12)21-10-8-20(9-11-21)15-5-3-2-4-14(15)18/h2-7H,8-11H2,1H3. The molecule has 2 heterocycles. The summed E-state index contributed by atoms with van der Waals surface area (Å²) in [5.41, 5.74) is 1.68. The largest absolute Gasteiger partial charge is 0.366 e. The first-order valence-electron chi connectivity index (χ1n) is 7.03. The third-order valence-electron chi connectivity index (χ3n) is 3.80. The van der Waals surface area contributed by atoms with E-state index in [0.717, 1.165) is 42.2 Å². The molecule has 5 heteroatoms. The lowest BCUT2D eigenvalue weighted by molar-refractivity contribution is 0.596. The number of anilines is 2. The number of hydrogen-bond acceptors (Lipinski definition) is 3. The molecule has 1 aromatic heterocycles. The number of hydrogen-bond donors (Lipinski definition) is 0. The lowest BCUT2D eigenvalue weighted by Gasteiger charge is -2.37. The zero-order valence-electron chi connectivity index (χ0n) is 11.9. The fraction of sp³-hybridized carbons (Fsp3) is 0.312. The number of aromatic nitrogens is 1. The minimum atomic E-state index is -0.149. The van der Waals surface area contributed by atoms with Crippen LogP contribution in [0.15, 0.2) is 40.9 Å². The molecule has 1 aliphatic rings. The summed E-state index contributed by atoms with van der Waals surface area (Å²) in [6.07, 6.45) is 0. The highest BCUT2D eigenvalue weighted by atomic mass is 79.9. The van der Waals surface area contributed by atoms with E-state index in [1.165, 1.54) is 6.07 Å². The van der Waals surface area contributed by atoms with E-state index in [-0.39, 0.29) is 5.82 Å². The average molecular weight is 350 g/mol. The lowest BCUT2D eigenvalue weighted by atomic mass is 10.2. The first kappa shape index (κ1) is 14.3. The van der Waals surface area contributed by atoms with E-state index in [4.69, 9.17) is 0 Å². The Labute approximate surface area is 132 Å². The van der Waals surface area contributed by atoms with Gasteiger partial charge in [0.25, 0.3) is 0 Å². The van der Waals surface area contributed by atoms with Crippen LogP contribution in [-0.4, -0.2) is 31.2 Å². The van der Waals surface area contributed by atoms with Crippen molar-refractivity contribution in [3.05, 3.63) is 52.4 Å². The number of benzene rings is 1. The number of piperazine rings is 1. The van der Waals surface area contributed by atoms with Crippen LogP contribution in [0.1, 0.15) is 5.69 Å². The topological polar surface area (TPSA) is 19.4 Å². The zero-order chi connectivity index (χ0) is 14.8. The van der Waals surface area contributed by atoms with E-state index < -0.39 is 0 Å². The fourth-order valence-corrected chi connectivity index (χ4v) is 2.81. The van der Waals surface area contributed by atoms with Crippen LogP contribution < -0.4 is 9.80 Å². The maximum atomic E-state index is 13.8. The smallest absolute Gasteiger partial charge is 0.146 e. The fourth-order valence-electron chi connectivity index (χ4n) is 2.59. The summed E-state index contributed by atoms with van der Waals surface area (Å²) < 4.78 is 14.8. The van der Waals surface area contributed by atoms with Crippen LogP contribution in [0.5, 0.6) is 0 Å². The molecule has 3 rings (SSSR count). The molecule has 21 heavy (non-hydrogen) atoms. The van der Waals surface area contributed by atoms with E-state index in [0.29, 0.717) is 5.69 Å². The van der Waals surface area contributed by atoms with Crippen molar-refractivity contribution in [2.75, 3.05) is 36.0 Å². The van der Waals surface area contributed by atoms with Crippen molar-refractivity contribution in [1.29, 1.82) is 0 Å². The van der Waals surface area contributed by atoms with E-state index in [2.05, 4.69) is 30.7 Å². The molecule has 1 aromatic carbocycles. The number of rotatable bonds is 2. The van der Waals surface area contributed by atoms with Crippen molar-refractivity contribution in [3.8, 4) is 0 Å². The molecule has 1 saturated heterocycles. The quantitative estimate of drug-likeness (QED) is 0.825. The molecular formula is C16H17BrFN3. The van der Waals surface area contributed by atoms with Crippen molar-refractivity contribution < 1.29 is 4.39 Å². The highest BCUT2D eigenvalue weighted by Gasteiger charge is 2.20. The maximum absolute atomic E-state index is 13.8. The molecule has 0 atom stereocenters. The Morgan fingerprint density at radius 1 is 1.00 bits per heavy atom. The highest BCUT2D eigenvalue weighted by molar-refractivity contribution is 9.10. The Bertz CT molecular complexity index is 639. The Morgan fingerprint density at radius 3 is 2.33 bits per heavy atom. The van der Waals surface area contributed by atoms with Gasteiger partial charge in [-0.3, -0.25) is 0 Å². The first-order valence-corrected chi connectivity index (χ1v) is 7.82. The van der Waals surface area contributed by atoms with Crippen LogP contribution >= 0.6 is 15.9 Å². The van der Waals surface area contributed by atoms with Crippen molar-refractivity contribution in [3.63, 3.8) is 0 Å². The maximum Gasteiger partial charge on any atom is 0.146 e. The lowest BCUT2D eigenvalue weighted by Crippen LogP contribution is -2.47. The second-order valence-corrected chi connectivity index (χ2v) is 6.02. The third-order valence-corrected chi connectivity index (χ3v) is 4.64. The molecular weight excluding hydrogens is 333 g/mol. The summed E-state index contributed by atoms with van der Waals surface area (Å²) in [5.74, 6) is 0.840. The molecule has 0 aliphatic carbocycles. The van der Waals surface area contributed by atoms with Gasteiger partial charge >= 0.3 is 0 Å². The van der Waals surface area contributed by atoms with Gasteiger partial charge in [-0.05, 0) is 47.1 Å². The number of halogens is 2. The van der Waals surface area contributed by atoms with Gasteiger partial charge in [0.15, 0.2) is 0 Å². The minimum absolute atomic E-state index is 0.149. The van der Waals surface area contributed by atoms with Gasteiger partial charge in [0.05, 0.1) is 11.4 Å². The molecule has 2 aromatic rings. The number of para-hydroxylation sites is 1. The SMILES string of the molecule is Cc1nc(N2CCN(c3ccccc3F)CC2)ccc1Br. The van der Waals surface area contributed by atoms with Gasteiger partial charge in [-0.2, -0.15) is 0 Å². The number of aryl methyl sites for hydroxylation is 1. The predicted octanol–water partition coefficient (Wildman–Crippen LogP) is 3.62. The molecule has 110 valence electrons. The predicted molar refractivity (Wildman–Crippen MR) is 87.5 cm³/mol. The normalized spacial score (nSPS) is 15.4. The van der Waals surface area contributed by atoms with Crippen molar-refractivity contribution in [2.24, 2.45) is 0 Å². The van der Waals surface area contributed by atoms with Gasteiger partial charge in [0.1, 0.15) is 11.6 Å². The van der Waals surface area contributed by atoms with Crippen LogP contribution in [0.25, 0.3) is 0 Å². The number of pyridine rings is 1. The van der Waals surface area contributed by atoms with Crippen molar-refractivity contribution in [2.45, 2.75) is 6.92 Å². The molecule has 1 aliphatic heterocycles. The van der Waals surface area contributed by atoms with E-state index in [1.807, 2.05) is 31.2 Å². The summed E-state index contributed by atoms with van der Waals surface area (Å²) in [6.45, 7) is 5.30. The molecule has 0 unspecified atom stereocenters. The van der Waals surface area contributed by atoms with Crippen LogP contribution in [0.2, 0.25) is 0 Å². The van der Waals surface area contributed by atoms with Crippen LogP contribution in [0, 0.1) is 12.7 Å². The number of nitrogens with zero attached hydrogens (tertiary/aromatic N) is 3. The Hall–Kier alpha value is -1.62. The second kappa shape index (κ2) is 6.02. The molecule has 0 amide bonds. The van der Waals surface area contributed by atoms with Gasteiger partial charge < -0.3 is 9.80 Å². The van der Waals surface area contributed by atoms with E-state index >= 15 is 0 Å².